The zero-order chi connectivity index (χ0) is 16.6. The number of aldehydes is 1. The normalized spacial score (nSPS) is 10.7. The molecule has 0 spiro atoms. The van der Waals surface area contributed by atoms with E-state index in [2.05, 4.69) is 0 Å². The van der Waals surface area contributed by atoms with Crippen molar-refractivity contribution in [2.45, 2.75) is 6.92 Å². The number of para-hydroxylation sites is 1. The lowest BCUT2D eigenvalue weighted by atomic mass is 10.1. The number of nitro groups is 1. The molecule has 0 aliphatic heterocycles. The van der Waals surface area contributed by atoms with Gasteiger partial charge in [0.25, 0.3) is 11.6 Å². The molecule has 6 nitrogen and oxygen atoms in total. The first-order chi connectivity index (χ1) is 11.0. The fourth-order valence-corrected chi connectivity index (χ4v) is 2.68. The first kappa shape index (κ1) is 14.6. The third-order valence-electron chi connectivity index (χ3n) is 3.79. The van der Waals surface area contributed by atoms with Gasteiger partial charge in [-0.2, -0.15) is 0 Å². The molecule has 0 radical (unpaired) electrons. The van der Waals surface area contributed by atoms with Gasteiger partial charge in [-0.25, -0.2) is 0 Å². The lowest BCUT2D eigenvalue weighted by molar-refractivity contribution is -0.384. The molecule has 0 aliphatic carbocycles. The van der Waals surface area contributed by atoms with Crippen molar-refractivity contribution in [3.05, 3.63) is 75.5 Å². The van der Waals surface area contributed by atoms with Crippen molar-refractivity contribution in [2.75, 3.05) is 0 Å². The van der Waals surface area contributed by atoms with Gasteiger partial charge in [-0.05, 0) is 19.1 Å². The van der Waals surface area contributed by atoms with Gasteiger partial charge in [-0.1, -0.05) is 24.3 Å². The van der Waals surface area contributed by atoms with Crippen LogP contribution in [0.2, 0.25) is 0 Å². The summed E-state index contributed by atoms with van der Waals surface area (Å²) in [7, 11) is 0. The number of benzene rings is 2. The molecule has 3 rings (SSSR count). The number of fused-ring (bicyclic) bond motifs is 1. The fraction of sp³-hybridized carbons (Fsp3) is 0.0588. The van der Waals surface area contributed by atoms with Crippen molar-refractivity contribution in [1.29, 1.82) is 0 Å². The van der Waals surface area contributed by atoms with Crippen LogP contribution in [0.3, 0.4) is 0 Å². The van der Waals surface area contributed by atoms with Crippen molar-refractivity contribution >= 4 is 28.8 Å². The smallest absolute Gasteiger partial charge is 0.270 e. The topological polar surface area (TPSA) is 82.2 Å². The van der Waals surface area contributed by atoms with Crippen LogP contribution in [0.4, 0.5) is 5.69 Å². The standard InChI is InChI=1S/C17H12N2O4/c1-11-15(10-20)14-7-2-3-8-16(14)18(11)17(21)12-5-4-6-13(9-12)19(22)23/h2-10H,1H3. The van der Waals surface area contributed by atoms with E-state index in [1.807, 2.05) is 0 Å². The van der Waals surface area contributed by atoms with Gasteiger partial charge in [0.15, 0.2) is 6.29 Å². The summed E-state index contributed by atoms with van der Waals surface area (Å²) in [6, 6.07) is 12.6. The molecular weight excluding hydrogens is 296 g/mol. The summed E-state index contributed by atoms with van der Waals surface area (Å²) in [5, 5.41) is 11.6. The highest BCUT2D eigenvalue weighted by Gasteiger charge is 2.20. The number of carbonyl (C=O) groups excluding carboxylic acids is 2. The first-order valence-corrected chi connectivity index (χ1v) is 6.89. The Balaban J connectivity index is 2.23. The maximum atomic E-state index is 12.8. The van der Waals surface area contributed by atoms with E-state index in [9.17, 15) is 19.7 Å². The summed E-state index contributed by atoms with van der Waals surface area (Å²) < 4.78 is 1.41. The Hall–Kier alpha value is -3.28. The molecule has 0 saturated heterocycles. The van der Waals surface area contributed by atoms with E-state index in [1.165, 1.54) is 28.8 Å². The molecular formula is C17H12N2O4. The predicted molar refractivity (Wildman–Crippen MR) is 84.9 cm³/mol. The zero-order valence-electron chi connectivity index (χ0n) is 12.2. The molecule has 0 aliphatic rings. The van der Waals surface area contributed by atoms with Crippen LogP contribution in [0.25, 0.3) is 10.9 Å². The van der Waals surface area contributed by atoms with Gasteiger partial charge < -0.3 is 0 Å². The van der Waals surface area contributed by atoms with Gasteiger partial charge in [-0.15, -0.1) is 0 Å². The summed E-state index contributed by atoms with van der Waals surface area (Å²) >= 11 is 0. The van der Waals surface area contributed by atoms with E-state index in [0.717, 1.165) is 6.29 Å². The van der Waals surface area contributed by atoms with E-state index in [4.69, 9.17) is 0 Å². The summed E-state index contributed by atoms with van der Waals surface area (Å²) in [5.74, 6) is -0.407. The summed E-state index contributed by atoms with van der Waals surface area (Å²) in [4.78, 5) is 34.5. The second-order valence-electron chi connectivity index (χ2n) is 5.08. The monoisotopic (exact) mass is 308 g/mol. The summed E-state index contributed by atoms with van der Waals surface area (Å²) in [5.41, 5.74) is 1.60. The molecule has 2 aromatic carbocycles. The van der Waals surface area contributed by atoms with E-state index in [-0.39, 0.29) is 11.3 Å². The molecule has 0 N–H and O–H groups in total. The molecule has 0 saturated carbocycles. The molecule has 6 heteroatoms. The van der Waals surface area contributed by atoms with Crippen molar-refractivity contribution in [3.8, 4) is 0 Å². The number of nitro benzene ring substituents is 1. The SMILES string of the molecule is Cc1c(C=O)c2ccccc2n1C(=O)c1cccc([N+](=O)[O-])c1. The van der Waals surface area contributed by atoms with Crippen LogP contribution in [0.5, 0.6) is 0 Å². The maximum Gasteiger partial charge on any atom is 0.270 e. The van der Waals surface area contributed by atoms with Crippen LogP contribution in [0, 0.1) is 17.0 Å². The van der Waals surface area contributed by atoms with Crippen LogP contribution in [0.1, 0.15) is 26.4 Å². The molecule has 1 heterocycles. The Kier molecular flexibility index (Phi) is 3.50. The van der Waals surface area contributed by atoms with Gasteiger partial charge in [0.2, 0.25) is 0 Å². The van der Waals surface area contributed by atoms with Crippen LogP contribution in [-0.2, 0) is 0 Å². The maximum absolute atomic E-state index is 12.8. The van der Waals surface area contributed by atoms with Crippen molar-refractivity contribution in [3.63, 3.8) is 0 Å². The average Bonchev–Trinajstić information content (AvgIpc) is 2.85. The van der Waals surface area contributed by atoms with Gasteiger partial charge in [-0.3, -0.25) is 24.3 Å². The number of aromatic nitrogens is 1. The fourth-order valence-electron chi connectivity index (χ4n) is 2.68. The molecule has 1 aromatic heterocycles. The number of carbonyl (C=O) groups is 2. The van der Waals surface area contributed by atoms with E-state index < -0.39 is 10.8 Å². The number of non-ortho nitro benzene ring substituents is 1. The number of hydrogen-bond acceptors (Lipinski definition) is 4. The van der Waals surface area contributed by atoms with Crippen LogP contribution >= 0.6 is 0 Å². The zero-order valence-corrected chi connectivity index (χ0v) is 12.2. The third-order valence-corrected chi connectivity index (χ3v) is 3.79. The van der Waals surface area contributed by atoms with E-state index in [1.54, 1.807) is 31.2 Å². The summed E-state index contributed by atoms with van der Waals surface area (Å²) in [6.07, 6.45) is 0.717. The van der Waals surface area contributed by atoms with Crippen molar-refractivity contribution in [1.82, 2.24) is 4.57 Å². The summed E-state index contributed by atoms with van der Waals surface area (Å²) in [6.45, 7) is 1.68. The Morgan fingerprint density at radius 1 is 1.17 bits per heavy atom. The molecule has 23 heavy (non-hydrogen) atoms. The molecule has 0 bridgehead atoms. The number of nitrogens with zero attached hydrogens (tertiary/aromatic N) is 2. The van der Waals surface area contributed by atoms with Gasteiger partial charge in [0.05, 0.1) is 10.4 Å². The van der Waals surface area contributed by atoms with Crippen molar-refractivity contribution < 1.29 is 14.5 Å². The molecule has 3 aromatic rings. The molecule has 114 valence electrons. The Morgan fingerprint density at radius 2 is 1.91 bits per heavy atom. The van der Waals surface area contributed by atoms with Gasteiger partial charge in [0, 0.05) is 34.3 Å². The number of rotatable bonds is 3. The van der Waals surface area contributed by atoms with E-state index >= 15 is 0 Å². The lowest BCUT2D eigenvalue weighted by Crippen LogP contribution is -2.14. The van der Waals surface area contributed by atoms with Gasteiger partial charge in [0.1, 0.15) is 0 Å². The van der Waals surface area contributed by atoms with E-state index in [0.29, 0.717) is 22.2 Å². The second kappa shape index (κ2) is 5.49. The second-order valence-corrected chi connectivity index (χ2v) is 5.08. The van der Waals surface area contributed by atoms with Crippen LogP contribution < -0.4 is 0 Å². The minimum Gasteiger partial charge on any atom is -0.298 e. The largest absolute Gasteiger partial charge is 0.298 e. The molecule has 0 amide bonds. The lowest BCUT2D eigenvalue weighted by Gasteiger charge is -2.07. The molecule has 0 fully saturated rings. The minimum absolute atomic E-state index is 0.152. The van der Waals surface area contributed by atoms with Crippen LogP contribution in [-0.4, -0.2) is 21.7 Å². The Bertz CT molecular complexity index is 956. The Labute approximate surface area is 131 Å². The van der Waals surface area contributed by atoms with Crippen LogP contribution in [0.15, 0.2) is 48.5 Å². The quantitative estimate of drug-likeness (QED) is 0.422. The highest BCUT2D eigenvalue weighted by molar-refractivity contribution is 6.08. The Morgan fingerprint density at radius 3 is 2.61 bits per heavy atom. The molecule has 0 unspecified atom stereocenters. The molecule has 0 atom stereocenters. The first-order valence-electron chi connectivity index (χ1n) is 6.89. The minimum atomic E-state index is -0.547. The predicted octanol–water partition coefficient (Wildman–Crippen LogP) is 3.36. The third kappa shape index (κ3) is 2.30. The van der Waals surface area contributed by atoms with Gasteiger partial charge >= 0.3 is 0 Å². The highest BCUT2D eigenvalue weighted by atomic mass is 16.6. The van der Waals surface area contributed by atoms with Crippen molar-refractivity contribution in [2.24, 2.45) is 0 Å². The average molecular weight is 308 g/mol. The highest BCUT2D eigenvalue weighted by Crippen LogP contribution is 2.26. The number of hydrogen-bond donors (Lipinski definition) is 0.